The third-order valence-corrected chi connectivity index (χ3v) is 3.39. The van der Waals surface area contributed by atoms with Crippen LogP contribution in [-0.4, -0.2) is 15.0 Å². The van der Waals surface area contributed by atoms with Crippen LogP contribution in [-0.2, 0) is 5.41 Å². The van der Waals surface area contributed by atoms with E-state index in [4.69, 9.17) is 5.73 Å². The summed E-state index contributed by atoms with van der Waals surface area (Å²) in [5.74, 6) is 1.35. The van der Waals surface area contributed by atoms with Gasteiger partial charge in [0.15, 0.2) is 0 Å². The highest BCUT2D eigenvalue weighted by molar-refractivity contribution is 5.36. The van der Waals surface area contributed by atoms with E-state index in [2.05, 4.69) is 72.2 Å². The molecule has 112 valence electrons. The summed E-state index contributed by atoms with van der Waals surface area (Å²) < 4.78 is 0. The van der Waals surface area contributed by atoms with Gasteiger partial charge in [0.05, 0.1) is 6.04 Å². The minimum Gasteiger partial charge on any atom is -0.368 e. The topological polar surface area (TPSA) is 76.7 Å². The van der Waals surface area contributed by atoms with E-state index in [0.717, 1.165) is 0 Å². The first kappa shape index (κ1) is 15.2. The van der Waals surface area contributed by atoms with E-state index in [1.807, 2.05) is 0 Å². The van der Waals surface area contributed by atoms with E-state index in [9.17, 15) is 0 Å². The van der Waals surface area contributed by atoms with Gasteiger partial charge in [-0.15, -0.1) is 0 Å². The SMILES string of the molecule is Cc1nc(N)nc(NC(C)c2ccc(C(C)(C)C)cc2)n1. The number of nitrogens with one attached hydrogen (secondary N) is 1. The quantitative estimate of drug-likeness (QED) is 0.905. The molecule has 0 saturated heterocycles. The van der Waals surface area contributed by atoms with Crippen molar-refractivity contribution in [3.8, 4) is 0 Å². The zero-order chi connectivity index (χ0) is 15.6. The fourth-order valence-electron chi connectivity index (χ4n) is 2.12. The highest BCUT2D eigenvalue weighted by Crippen LogP contribution is 2.24. The van der Waals surface area contributed by atoms with Crippen molar-refractivity contribution in [3.63, 3.8) is 0 Å². The Balaban J connectivity index is 2.15. The van der Waals surface area contributed by atoms with Crippen LogP contribution in [0.2, 0.25) is 0 Å². The van der Waals surface area contributed by atoms with Gasteiger partial charge >= 0.3 is 0 Å². The molecule has 1 unspecified atom stereocenters. The smallest absolute Gasteiger partial charge is 0.228 e. The summed E-state index contributed by atoms with van der Waals surface area (Å²) in [6, 6.07) is 8.70. The summed E-state index contributed by atoms with van der Waals surface area (Å²) in [6.07, 6.45) is 0. The van der Waals surface area contributed by atoms with Gasteiger partial charge in [-0.1, -0.05) is 45.0 Å². The second kappa shape index (κ2) is 5.68. The van der Waals surface area contributed by atoms with E-state index >= 15 is 0 Å². The van der Waals surface area contributed by atoms with Gasteiger partial charge < -0.3 is 11.1 Å². The average molecular weight is 285 g/mol. The predicted molar refractivity (Wildman–Crippen MR) is 86.2 cm³/mol. The van der Waals surface area contributed by atoms with Crippen LogP contribution in [0.4, 0.5) is 11.9 Å². The molecule has 0 aliphatic rings. The zero-order valence-electron chi connectivity index (χ0n) is 13.3. The third-order valence-electron chi connectivity index (χ3n) is 3.39. The maximum Gasteiger partial charge on any atom is 0.228 e. The van der Waals surface area contributed by atoms with E-state index in [0.29, 0.717) is 11.8 Å². The van der Waals surface area contributed by atoms with Crippen LogP contribution >= 0.6 is 0 Å². The normalized spacial score (nSPS) is 13.0. The third kappa shape index (κ3) is 3.90. The molecular formula is C16H23N5. The Morgan fingerprint density at radius 3 is 2.19 bits per heavy atom. The minimum atomic E-state index is 0.0974. The number of rotatable bonds is 3. The van der Waals surface area contributed by atoms with Crippen molar-refractivity contribution in [2.75, 3.05) is 11.1 Å². The Morgan fingerprint density at radius 2 is 1.67 bits per heavy atom. The maximum atomic E-state index is 5.64. The summed E-state index contributed by atoms with van der Waals surface area (Å²) in [6.45, 7) is 10.5. The number of nitrogen functional groups attached to an aromatic ring is 1. The molecule has 2 aromatic rings. The molecule has 1 aromatic heterocycles. The summed E-state index contributed by atoms with van der Waals surface area (Å²) >= 11 is 0. The summed E-state index contributed by atoms with van der Waals surface area (Å²) in [5.41, 5.74) is 8.30. The van der Waals surface area contributed by atoms with Gasteiger partial charge in [-0.05, 0) is 30.4 Å². The fraction of sp³-hybridized carbons (Fsp3) is 0.438. The number of aryl methyl sites for hydroxylation is 1. The molecule has 5 nitrogen and oxygen atoms in total. The monoisotopic (exact) mass is 285 g/mol. The average Bonchev–Trinajstić information content (AvgIpc) is 2.36. The second-order valence-corrected chi connectivity index (χ2v) is 6.30. The van der Waals surface area contributed by atoms with Crippen molar-refractivity contribution in [1.29, 1.82) is 0 Å². The number of anilines is 2. The van der Waals surface area contributed by atoms with Crippen molar-refractivity contribution in [1.82, 2.24) is 15.0 Å². The molecule has 5 heteroatoms. The first-order valence-corrected chi connectivity index (χ1v) is 7.11. The van der Waals surface area contributed by atoms with Gasteiger partial charge in [0.2, 0.25) is 11.9 Å². The van der Waals surface area contributed by atoms with Crippen LogP contribution in [0.25, 0.3) is 0 Å². The van der Waals surface area contributed by atoms with E-state index in [1.54, 1.807) is 6.92 Å². The van der Waals surface area contributed by atoms with Crippen molar-refractivity contribution in [2.45, 2.75) is 46.1 Å². The Hall–Kier alpha value is -2.17. The molecule has 0 amide bonds. The van der Waals surface area contributed by atoms with Gasteiger partial charge in [0.25, 0.3) is 0 Å². The molecule has 21 heavy (non-hydrogen) atoms. The number of nitrogens with two attached hydrogens (primary N) is 1. The van der Waals surface area contributed by atoms with Gasteiger partial charge in [0.1, 0.15) is 5.82 Å². The summed E-state index contributed by atoms with van der Waals surface area (Å²) in [5, 5.41) is 3.26. The lowest BCUT2D eigenvalue weighted by atomic mass is 9.86. The Labute approximate surface area is 126 Å². The molecule has 0 saturated carbocycles. The van der Waals surface area contributed by atoms with E-state index < -0.39 is 0 Å². The fourth-order valence-corrected chi connectivity index (χ4v) is 2.12. The van der Waals surface area contributed by atoms with Gasteiger partial charge in [-0.25, -0.2) is 0 Å². The van der Waals surface area contributed by atoms with E-state index in [-0.39, 0.29) is 17.4 Å². The molecule has 2 rings (SSSR count). The number of hydrogen-bond donors (Lipinski definition) is 2. The standard InChI is InChI=1S/C16H23N5/c1-10(18-15-20-11(2)19-14(17)21-15)12-6-8-13(9-7-12)16(3,4)5/h6-10H,1-5H3,(H3,17,18,19,20,21). The first-order chi connectivity index (χ1) is 9.75. The highest BCUT2D eigenvalue weighted by Gasteiger charge is 2.14. The molecule has 0 radical (unpaired) electrons. The predicted octanol–water partition coefficient (Wildman–Crippen LogP) is 3.23. The van der Waals surface area contributed by atoms with Crippen LogP contribution in [0.5, 0.6) is 0 Å². The van der Waals surface area contributed by atoms with Gasteiger partial charge in [-0.3, -0.25) is 0 Å². The number of hydrogen-bond acceptors (Lipinski definition) is 5. The molecule has 1 aromatic carbocycles. The first-order valence-electron chi connectivity index (χ1n) is 7.11. The second-order valence-electron chi connectivity index (χ2n) is 6.30. The van der Waals surface area contributed by atoms with Crippen LogP contribution < -0.4 is 11.1 Å². The van der Waals surface area contributed by atoms with E-state index in [1.165, 1.54) is 11.1 Å². The van der Waals surface area contributed by atoms with Gasteiger partial charge in [-0.2, -0.15) is 15.0 Å². The Kier molecular flexibility index (Phi) is 4.11. The molecule has 1 heterocycles. The molecule has 0 spiro atoms. The van der Waals surface area contributed by atoms with Crippen molar-refractivity contribution in [3.05, 3.63) is 41.2 Å². The Bertz CT molecular complexity index is 593. The summed E-state index contributed by atoms with van der Waals surface area (Å²) in [7, 11) is 0. The number of benzene rings is 1. The molecule has 3 N–H and O–H groups in total. The highest BCUT2D eigenvalue weighted by atomic mass is 15.2. The molecule has 0 aliphatic carbocycles. The Morgan fingerprint density at radius 1 is 1.05 bits per heavy atom. The molecule has 1 atom stereocenters. The van der Waals surface area contributed by atoms with Crippen LogP contribution in [0, 0.1) is 6.92 Å². The number of aromatic nitrogens is 3. The maximum absolute atomic E-state index is 5.64. The van der Waals surface area contributed by atoms with Crippen LogP contribution in [0.3, 0.4) is 0 Å². The van der Waals surface area contributed by atoms with Crippen LogP contribution in [0.15, 0.2) is 24.3 Å². The van der Waals surface area contributed by atoms with Crippen molar-refractivity contribution >= 4 is 11.9 Å². The summed E-state index contributed by atoms with van der Waals surface area (Å²) in [4.78, 5) is 12.3. The number of nitrogens with zero attached hydrogens (tertiary/aromatic N) is 3. The van der Waals surface area contributed by atoms with Crippen molar-refractivity contribution in [2.24, 2.45) is 0 Å². The lowest BCUT2D eigenvalue weighted by Crippen LogP contribution is -2.13. The zero-order valence-corrected chi connectivity index (χ0v) is 13.3. The lowest BCUT2D eigenvalue weighted by molar-refractivity contribution is 0.589. The molecule has 0 aliphatic heterocycles. The minimum absolute atomic E-state index is 0.0974. The largest absolute Gasteiger partial charge is 0.368 e. The molecule has 0 bridgehead atoms. The van der Waals surface area contributed by atoms with Crippen molar-refractivity contribution < 1.29 is 0 Å². The molecule has 0 fully saturated rings. The lowest BCUT2D eigenvalue weighted by Gasteiger charge is -2.20. The van der Waals surface area contributed by atoms with Gasteiger partial charge in [0, 0.05) is 0 Å². The molecular weight excluding hydrogens is 262 g/mol. The van der Waals surface area contributed by atoms with Crippen LogP contribution in [0.1, 0.15) is 50.7 Å².